The van der Waals surface area contributed by atoms with Gasteiger partial charge in [0.05, 0.1) is 5.75 Å². The summed E-state index contributed by atoms with van der Waals surface area (Å²) < 4.78 is 25.4. The molecule has 21 heavy (non-hydrogen) atoms. The highest BCUT2D eigenvalue weighted by molar-refractivity contribution is 7.92. The SMILES string of the molecule is CCS(=O)(=O)Nc1ccc(-c2ccnc3[nH]ccc23)cn1. The molecular weight excluding hydrogens is 288 g/mol. The molecule has 3 rings (SSSR count). The molecule has 0 amide bonds. The van der Waals surface area contributed by atoms with E-state index in [9.17, 15) is 8.42 Å². The van der Waals surface area contributed by atoms with Crippen molar-refractivity contribution in [2.45, 2.75) is 6.92 Å². The molecule has 0 spiro atoms. The van der Waals surface area contributed by atoms with Crippen molar-refractivity contribution in [2.75, 3.05) is 10.5 Å². The molecule has 0 aliphatic heterocycles. The Morgan fingerprint density at radius 2 is 2.05 bits per heavy atom. The van der Waals surface area contributed by atoms with E-state index in [-0.39, 0.29) is 5.75 Å². The van der Waals surface area contributed by atoms with E-state index >= 15 is 0 Å². The Bertz CT molecular complexity index is 869. The van der Waals surface area contributed by atoms with Gasteiger partial charge in [-0.2, -0.15) is 0 Å². The van der Waals surface area contributed by atoms with Crippen molar-refractivity contribution in [3.05, 3.63) is 42.9 Å². The van der Waals surface area contributed by atoms with Gasteiger partial charge in [-0.15, -0.1) is 0 Å². The van der Waals surface area contributed by atoms with Crippen LogP contribution in [0.15, 0.2) is 42.9 Å². The second-order valence-corrected chi connectivity index (χ2v) is 6.55. The van der Waals surface area contributed by atoms with E-state index in [1.165, 1.54) is 0 Å². The van der Waals surface area contributed by atoms with Gasteiger partial charge in [0.2, 0.25) is 10.0 Å². The summed E-state index contributed by atoms with van der Waals surface area (Å²) in [7, 11) is -3.30. The lowest BCUT2D eigenvalue weighted by molar-refractivity contribution is 0.602. The molecule has 0 bridgehead atoms. The third-order valence-electron chi connectivity index (χ3n) is 3.17. The van der Waals surface area contributed by atoms with Crippen molar-refractivity contribution in [3.63, 3.8) is 0 Å². The Morgan fingerprint density at radius 3 is 2.76 bits per heavy atom. The summed E-state index contributed by atoms with van der Waals surface area (Å²) in [6.45, 7) is 1.58. The smallest absolute Gasteiger partial charge is 0.233 e. The summed E-state index contributed by atoms with van der Waals surface area (Å²) in [4.78, 5) is 11.5. The largest absolute Gasteiger partial charge is 0.346 e. The summed E-state index contributed by atoms with van der Waals surface area (Å²) >= 11 is 0. The van der Waals surface area contributed by atoms with Crippen LogP contribution in [0.25, 0.3) is 22.2 Å². The van der Waals surface area contributed by atoms with E-state index in [1.807, 2.05) is 24.4 Å². The highest BCUT2D eigenvalue weighted by atomic mass is 32.2. The maximum absolute atomic E-state index is 11.5. The number of aromatic amines is 1. The fraction of sp³-hybridized carbons (Fsp3) is 0.143. The zero-order valence-electron chi connectivity index (χ0n) is 11.4. The summed E-state index contributed by atoms with van der Waals surface area (Å²) in [5.74, 6) is 0.338. The Morgan fingerprint density at radius 1 is 1.19 bits per heavy atom. The van der Waals surface area contributed by atoms with Gasteiger partial charge in [0.1, 0.15) is 11.5 Å². The van der Waals surface area contributed by atoms with Gasteiger partial charge in [0.25, 0.3) is 0 Å². The highest BCUT2D eigenvalue weighted by Gasteiger charge is 2.09. The van der Waals surface area contributed by atoms with Gasteiger partial charge in [-0.1, -0.05) is 0 Å². The first-order valence-corrected chi connectivity index (χ1v) is 8.13. The third-order valence-corrected chi connectivity index (χ3v) is 4.45. The van der Waals surface area contributed by atoms with Crippen LogP contribution in [-0.4, -0.2) is 29.1 Å². The molecule has 3 aromatic heterocycles. The van der Waals surface area contributed by atoms with Gasteiger partial charge in [-0.05, 0) is 36.8 Å². The van der Waals surface area contributed by atoms with Crippen LogP contribution in [0.3, 0.4) is 0 Å². The number of nitrogens with zero attached hydrogens (tertiary/aromatic N) is 2. The van der Waals surface area contributed by atoms with Crippen LogP contribution >= 0.6 is 0 Å². The van der Waals surface area contributed by atoms with E-state index in [0.717, 1.165) is 22.2 Å². The molecule has 0 fully saturated rings. The minimum atomic E-state index is -3.30. The molecule has 0 aliphatic rings. The Kier molecular flexibility index (Phi) is 3.34. The van der Waals surface area contributed by atoms with Gasteiger partial charge in [-0.3, -0.25) is 4.72 Å². The van der Waals surface area contributed by atoms with Crippen LogP contribution < -0.4 is 4.72 Å². The van der Waals surface area contributed by atoms with Crippen molar-refractivity contribution >= 4 is 26.9 Å². The summed E-state index contributed by atoms with van der Waals surface area (Å²) in [6, 6.07) is 7.35. The second kappa shape index (κ2) is 5.17. The molecule has 3 aromatic rings. The number of nitrogens with one attached hydrogen (secondary N) is 2. The lowest BCUT2D eigenvalue weighted by atomic mass is 10.1. The zero-order valence-corrected chi connectivity index (χ0v) is 12.2. The highest BCUT2D eigenvalue weighted by Crippen LogP contribution is 2.26. The summed E-state index contributed by atoms with van der Waals surface area (Å²) in [5, 5.41) is 1.00. The lowest BCUT2D eigenvalue weighted by Gasteiger charge is -2.07. The van der Waals surface area contributed by atoms with E-state index < -0.39 is 10.0 Å². The summed E-state index contributed by atoms with van der Waals surface area (Å²) in [5.41, 5.74) is 2.71. The van der Waals surface area contributed by atoms with E-state index in [1.54, 1.807) is 25.4 Å². The predicted molar refractivity (Wildman–Crippen MR) is 82.4 cm³/mol. The van der Waals surface area contributed by atoms with Crippen molar-refractivity contribution in [2.24, 2.45) is 0 Å². The van der Waals surface area contributed by atoms with Crippen molar-refractivity contribution < 1.29 is 8.42 Å². The van der Waals surface area contributed by atoms with Crippen LogP contribution in [0.5, 0.6) is 0 Å². The number of pyridine rings is 2. The number of aromatic nitrogens is 3. The minimum absolute atomic E-state index is 0.0186. The standard InChI is InChI=1S/C14H14N4O2S/c1-2-21(19,20)18-13-4-3-10(9-17-13)11-5-7-15-14-12(11)6-8-16-14/h3-9H,2H2,1H3,(H,15,16)(H,17,18). The number of fused-ring (bicyclic) bond motifs is 1. The van der Waals surface area contributed by atoms with Crippen LogP contribution in [-0.2, 0) is 10.0 Å². The normalized spacial score (nSPS) is 11.7. The number of anilines is 1. The predicted octanol–water partition coefficient (Wildman–Crippen LogP) is 2.39. The molecule has 108 valence electrons. The van der Waals surface area contributed by atoms with Crippen LogP contribution in [0.1, 0.15) is 6.92 Å². The number of hydrogen-bond donors (Lipinski definition) is 2. The van der Waals surface area contributed by atoms with Crippen LogP contribution in [0, 0.1) is 0 Å². The van der Waals surface area contributed by atoms with E-state index in [2.05, 4.69) is 19.7 Å². The molecule has 0 unspecified atom stereocenters. The molecule has 6 nitrogen and oxygen atoms in total. The Hall–Kier alpha value is -2.41. The minimum Gasteiger partial charge on any atom is -0.346 e. The van der Waals surface area contributed by atoms with Crippen LogP contribution in [0.2, 0.25) is 0 Å². The Balaban J connectivity index is 1.96. The quantitative estimate of drug-likeness (QED) is 0.774. The molecule has 0 aromatic carbocycles. The monoisotopic (exact) mass is 302 g/mol. The molecule has 0 saturated carbocycles. The second-order valence-electron chi connectivity index (χ2n) is 4.54. The molecule has 7 heteroatoms. The zero-order chi connectivity index (χ0) is 14.9. The molecule has 3 heterocycles. The number of H-pyrrole nitrogens is 1. The third kappa shape index (κ3) is 2.73. The average molecular weight is 302 g/mol. The van der Waals surface area contributed by atoms with Crippen LogP contribution in [0.4, 0.5) is 5.82 Å². The lowest BCUT2D eigenvalue weighted by Crippen LogP contribution is -2.15. The van der Waals surface area contributed by atoms with E-state index in [0.29, 0.717) is 5.82 Å². The Labute approximate surface area is 122 Å². The first-order chi connectivity index (χ1) is 10.1. The average Bonchev–Trinajstić information content (AvgIpc) is 2.96. The van der Waals surface area contributed by atoms with Crippen molar-refractivity contribution in [1.29, 1.82) is 0 Å². The molecule has 0 aliphatic carbocycles. The molecule has 2 N–H and O–H groups in total. The molecule has 0 atom stereocenters. The first kappa shape index (κ1) is 13.6. The fourth-order valence-electron chi connectivity index (χ4n) is 2.06. The van der Waals surface area contributed by atoms with Gasteiger partial charge in [0.15, 0.2) is 0 Å². The first-order valence-electron chi connectivity index (χ1n) is 6.48. The number of hydrogen-bond acceptors (Lipinski definition) is 4. The number of rotatable bonds is 4. The van der Waals surface area contributed by atoms with Gasteiger partial charge >= 0.3 is 0 Å². The molecule has 0 radical (unpaired) electrons. The van der Waals surface area contributed by atoms with Gasteiger partial charge in [0, 0.05) is 29.5 Å². The van der Waals surface area contributed by atoms with Gasteiger partial charge < -0.3 is 4.98 Å². The maximum Gasteiger partial charge on any atom is 0.233 e. The number of sulfonamides is 1. The topological polar surface area (TPSA) is 87.7 Å². The van der Waals surface area contributed by atoms with Gasteiger partial charge in [-0.25, -0.2) is 18.4 Å². The maximum atomic E-state index is 11.5. The summed E-state index contributed by atoms with van der Waals surface area (Å²) in [6.07, 6.45) is 5.20. The van der Waals surface area contributed by atoms with E-state index in [4.69, 9.17) is 0 Å². The fourth-order valence-corrected chi connectivity index (χ4v) is 2.64. The van der Waals surface area contributed by atoms with Crippen molar-refractivity contribution in [1.82, 2.24) is 15.0 Å². The van der Waals surface area contributed by atoms with Crippen molar-refractivity contribution in [3.8, 4) is 11.1 Å². The molecular formula is C14H14N4O2S. The molecule has 0 saturated heterocycles.